The van der Waals surface area contributed by atoms with Gasteiger partial charge in [-0.05, 0) is 12.0 Å². The topological polar surface area (TPSA) is 38.7 Å². The maximum atomic E-state index is 10.3. The first-order chi connectivity index (χ1) is 6.88. The summed E-state index contributed by atoms with van der Waals surface area (Å²) in [5.74, 6) is 0.228. The van der Waals surface area contributed by atoms with Gasteiger partial charge in [-0.1, -0.05) is 30.3 Å². The number of aldehydes is 1. The Morgan fingerprint density at radius 3 is 2.86 bits per heavy atom. The summed E-state index contributed by atoms with van der Waals surface area (Å²) in [7, 11) is 0. The van der Waals surface area contributed by atoms with Gasteiger partial charge < -0.3 is 4.74 Å². The van der Waals surface area contributed by atoms with Crippen molar-refractivity contribution in [1.29, 1.82) is 0 Å². The van der Waals surface area contributed by atoms with E-state index in [1.165, 1.54) is 5.56 Å². The summed E-state index contributed by atoms with van der Waals surface area (Å²) in [6.07, 6.45) is 1.49. The van der Waals surface area contributed by atoms with Gasteiger partial charge in [0.15, 0.2) is 0 Å². The summed E-state index contributed by atoms with van der Waals surface area (Å²) < 4.78 is 5.07. The molecule has 1 aromatic carbocycles. The van der Waals surface area contributed by atoms with Crippen molar-refractivity contribution in [1.82, 2.24) is 0 Å². The third kappa shape index (κ3) is 1.99. The Balaban J connectivity index is 2.00. The van der Waals surface area contributed by atoms with Crippen molar-refractivity contribution < 1.29 is 9.53 Å². The van der Waals surface area contributed by atoms with E-state index in [4.69, 9.17) is 4.74 Å². The Hall–Kier alpha value is -1.64. The molecule has 0 saturated carbocycles. The summed E-state index contributed by atoms with van der Waals surface area (Å²) >= 11 is 0. The van der Waals surface area contributed by atoms with E-state index in [-0.39, 0.29) is 11.9 Å². The highest BCUT2D eigenvalue weighted by molar-refractivity contribution is 6.24. The molecule has 0 amide bonds. The van der Waals surface area contributed by atoms with Gasteiger partial charge in [-0.15, -0.1) is 0 Å². The molecule has 3 heteroatoms. The van der Waals surface area contributed by atoms with Crippen LogP contribution in [-0.2, 0) is 16.0 Å². The lowest BCUT2D eigenvalue weighted by molar-refractivity contribution is -0.103. The molecule has 72 valence electrons. The van der Waals surface area contributed by atoms with E-state index >= 15 is 0 Å². The predicted molar refractivity (Wildman–Crippen MR) is 53.4 cm³/mol. The van der Waals surface area contributed by atoms with Gasteiger partial charge >= 0.3 is 0 Å². The van der Waals surface area contributed by atoms with Gasteiger partial charge in [0.25, 0.3) is 0 Å². The van der Waals surface area contributed by atoms with E-state index in [1.807, 2.05) is 18.2 Å². The van der Waals surface area contributed by atoms with Crippen molar-refractivity contribution in [2.45, 2.75) is 12.5 Å². The quantitative estimate of drug-likeness (QED) is 0.671. The molecule has 0 fully saturated rings. The van der Waals surface area contributed by atoms with Crippen LogP contribution >= 0.6 is 0 Å². The number of aliphatic imine (C=N–C) groups is 1. The van der Waals surface area contributed by atoms with Gasteiger partial charge in [-0.25, -0.2) is 4.99 Å². The monoisotopic (exact) mass is 189 g/mol. The zero-order chi connectivity index (χ0) is 9.80. The number of hydrogen-bond donors (Lipinski definition) is 0. The van der Waals surface area contributed by atoms with Gasteiger partial charge in [0.1, 0.15) is 6.61 Å². The van der Waals surface area contributed by atoms with Gasteiger partial charge in [0.05, 0.1) is 6.04 Å². The molecule has 0 aromatic heterocycles. The van der Waals surface area contributed by atoms with Crippen LogP contribution in [0.15, 0.2) is 35.3 Å². The predicted octanol–water partition coefficient (Wildman–Crippen LogP) is 1.23. The zero-order valence-electron chi connectivity index (χ0n) is 7.72. The molecule has 14 heavy (non-hydrogen) atoms. The van der Waals surface area contributed by atoms with Gasteiger partial charge in [-0.2, -0.15) is 0 Å². The van der Waals surface area contributed by atoms with Gasteiger partial charge in [-0.3, -0.25) is 4.79 Å². The zero-order valence-corrected chi connectivity index (χ0v) is 7.72. The highest BCUT2D eigenvalue weighted by Gasteiger charge is 2.17. The summed E-state index contributed by atoms with van der Waals surface area (Å²) in [5, 5.41) is 0. The fraction of sp³-hybridized carbons (Fsp3) is 0.273. The molecule has 1 aromatic rings. The van der Waals surface area contributed by atoms with Crippen molar-refractivity contribution in [3.63, 3.8) is 0 Å². The first kappa shape index (κ1) is 8.94. The number of nitrogens with zero attached hydrogens (tertiary/aromatic N) is 1. The second-order valence-corrected chi connectivity index (χ2v) is 3.24. The highest BCUT2D eigenvalue weighted by Crippen LogP contribution is 2.10. The SMILES string of the molecule is O=CC1=NC(Cc2ccccc2)CO1. The molecule has 1 aliphatic heterocycles. The van der Waals surface area contributed by atoms with Crippen LogP contribution < -0.4 is 0 Å². The van der Waals surface area contributed by atoms with Crippen LogP contribution in [0.4, 0.5) is 0 Å². The molecule has 1 aliphatic rings. The maximum Gasteiger partial charge on any atom is 0.250 e. The number of carbonyl (C=O) groups is 1. The van der Waals surface area contributed by atoms with Gasteiger partial charge in [0, 0.05) is 0 Å². The van der Waals surface area contributed by atoms with Crippen molar-refractivity contribution >= 4 is 12.2 Å². The first-order valence-electron chi connectivity index (χ1n) is 4.58. The molecule has 3 nitrogen and oxygen atoms in total. The normalized spacial score (nSPS) is 20.0. The number of ether oxygens (including phenoxy) is 1. The molecule has 0 radical (unpaired) electrons. The van der Waals surface area contributed by atoms with E-state index in [0.29, 0.717) is 12.9 Å². The smallest absolute Gasteiger partial charge is 0.250 e. The van der Waals surface area contributed by atoms with Crippen molar-refractivity contribution in [2.24, 2.45) is 4.99 Å². The molecule has 0 saturated heterocycles. The fourth-order valence-electron chi connectivity index (χ4n) is 1.49. The van der Waals surface area contributed by atoms with Crippen LogP contribution in [0.1, 0.15) is 5.56 Å². The summed E-state index contributed by atoms with van der Waals surface area (Å²) in [5.41, 5.74) is 1.22. The van der Waals surface area contributed by atoms with Crippen LogP contribution in [0.2, 0.25) is 0 Å². The molecule has 0 spiro atoms. The minimum Gasteiger partial charge on any atom is -0.473 e. The molecule has 0 aliphatic carbocycles. The fourth-order valence-corrected chi connectivity index (χ4v) is 1.49. The van der Waals surface area contributed by atoms with E-state index < -0.39 is 0 Å². The average molecular weight is 189 g/mol. The largest absolute Gasteiger partial charge is 0.473 e. The minimum atomic E-state index is 0.0950. The second-order valence-electron chi connectivity index (χ2n) is 3.24. The Morgan fingerprint density at radius 1 is 1.43 bits per heavy atom. The number of hydrogen-bond acceptors (Lipinski definition) is 3. The molecule has 1 atom stereocenters. The Kier molecular flexibility index (Phi) is 2.58. The minimum absolute atomic E-state index is 0.0950. The highest BCUT2D eigenvalue weighted by atomic mass is 16.5. The molecule has 1 heterocycles. The first-order valence-corrected chi connectivity index (χ1v) is 4.58. The molecule has 0 bridgehead atoms. The van der Waals surface area contributed by atoms with Gasteiger partial charge in [0.2, 0.25) is 12.2 Å². The third-order valence-corrected chi connectivity index (χ3v) is 2.15. The molecule has 0 N–H and O–H groups in total. The second kappa shape index (κ2) is 4.05. The van der Waals surface area contributed by atoms with Crippen LogP contribution in [0, 0.1) is 0 Å². The van der Waals surface area contributed by atoms with E-state index in [2.05, 4.69) is 17.1 Å². The van der Waals surface area contributed by atoms with Crippen LogP contribution in [0.25, 0.3) is 0 Å². The maximum absolute atomic E-state index is 10.3. The Labute approximate surface area is 82.4 Å². The summed E-state index contributed by atoms with van der Waals surface area (Å²) in [6, 6.07) is 10.2. The Bertz CT molecular complexity index is 346. The third-order valence-electron chi connectivity index (χ3n) is 2.15. The van der Waals surface area contributed by atoms with Crippen molar-refractivity contribution in [2.75, 3.05) is 6.61 Å². The van der Waals surface area contributed by atoms with Crippen LogP contribution in [0.5, 0.6) is 0 Å². The number of rotatable bonds is 3. The standard InChI is InChI=1S/C11H11NO2/c13-7-11-12-10(8-14-11)6-9-4-2-1-3-5-9/h1-5,7,10H,6,8H2. The number of benzene rings is 1. The lowest BCUT2D eigenvalue weighted by Crippen LogP contribution is -2.09. The average Bonchev–Trinajstić information content (AvgIpc) is 2.67. The van der Waals surface area contributed by atoms with E-state index in [9.17, 15) is 4.79 Å². The Morgan fingerprint density at radius 2 is 2.21 bits per heavy atom. The van der Waals surface area contributed by atoms with Crippen LogP contribution in [0.3, 0.4) is 0 Å². The lowest BCUT2D eigenvalue weighted by Gasteiger charge is -2.03. The molecule has 1 unspecified atom stereocenters. The van der Waals surface area contributed by atoms with E-state index in [0.717, 1.165) is 6.42 Å². The van der Waals surface area contributed by atoms with E-state index in [1.54, 1.807) is 0 Å². The van der Waals surface area contributed by atoms with Crippen molar-refractivity contribution in [3.8, 4) is 0 Å². The molecule has 2 rings (SSSR count). The lowest BCUT2D eigenvalue weighted by atomic mass is 10.1. The van der Waals surface area contributed by atoms with Crippen molar-refractivity contribution in [3.05, 3.63) is 35.9 Å². The van der Waals surface area contributed by atoms with Crippen LogP contribution in [-0.4, -0.2) is 24.8 Å². The molecular formula is C11H11NO2. The summed E-state index contributed by atoms with van der Waals surface area (Å²) in [4.78, 5) is 14.5. The number of carbonyl (C=O) groups excluding carboxylic acids is 1. The summed E-state index contributed by atoms with van der Waals surface area (Å²) in [6.45, 7) is 0.517. The molecular weight excluding hydrogens is 178 g/mol.